The van der Waals surface area contributed by atoms with Gasteiger partial charge in [-0.2, -0.15) is 0 Å². The van der Waals surface area contributed by atoms with Crippen LogP contribution >= 0.6 is 0 Å². The average molecular weight is 195 g/mol. The third kappa shape index (κ3) is 4.56. The third-order valence-electron chi connectivity index (χ3n) is 2.81. The average Bonchev–Trinajstić information content (AvgIpc) is 2.25. The molecule has 1 rings (SSSR count). The summed E-state index contributed by atoms with van der Waals surface area (Å²) in [6.45, 7) is 4.75. The number of rotatable bonds is 6. The Bertz CT molecular complexity index is 183. The second kappa shape index (κ2) is 6.77. The van der Waals surface area contributed by atoms with Crippen molar-refractivity contribution in [3.8, 4) is 0 Å². The molecule has 0 aromatic carbocycles. The number of allylic oxidation sites excluding steroid dienone is 1. The van der Waals surface area contributed by atoms with Crippen molar-refractivity contribution in [3.63, 3.8) is 0 Å². The fourth-order valence-electron chi connectivity index (χ4n) is 1.89. The minimum atomic E-state index is 0.386. The Hall–Kier alpha value is -0.630. The largest absolute Gasteiger partial charge is 0.314 e. The van der Waals surface area contributed by atoms with Gasteiger partial charge in [-0.3, -0.25) is 4.79 Å². The fraction of sp³-hybridized carbons (Fsp3) is 0.750. The number of piperidine rings is 1. The van der Waals surface area contributed by atoms with E-state index in [0.29, 0.717) is 18.2 Å². The molecule has 14 heavy (non-hydrogen) atoms. The summed E-state index contributed by atoms with van der Waals surface area (Å²) >= 11 is 0. The van der Waals surface area contributed by atoms with Crippen molar-refractivity contribution in [2.24, 2.45) is 0 Å². The number of nitrogens with one attached hydrogen (secondary N) is 1. The molecule has 0 aromatic heterocycles. The molecule has 1 saturated heterocycles. The summed E-state index contributed by atoms with van der Waals surface area (Å²) in [7, 11) is 0. The molecule has 0 bridgehead atoms. The van der Waals surface area contributed by atoms with Gasteiger partial charge in [0.25, 0.3) is 0 Å². The van der Waals surface area contributed by atoms with E-state index in [4.69, 9.17) is 0 Å². The molecule has 0 aliphatic carbocycles. The van der Waals surface area contributed by atoms with E-state index in [9.17, 15) is 4.79 Å². The van der Waals surface area contributed by atoms with Gasteiger partial charge in [0.15, 0.2) is 0 Å². The molecule has 0 saturated carbocycles. The molecule has 1 heterocycles. The Morgan fingerprint density at radius 3 is 2.93 bits per heavy atom. The zero-order valence-electron chi connectivity index (χ0n) is 8.93. The molecule has 2 nitrogen and oxygen atoms in total. The molecule has 1 N–H and O–H groups in total. The SMILES string of the molecule is C=CCCC(=O)CCC1CCCCN1. The van der Waals surface area contributed by atoms with Gasteiger partial charge < -0.3 is 5.32 Å². The first-order valence-corrected chi connectivity index (χ1v) is 5.69. The number of Topliss-reactive ketones (excluding diaryl/α,β-unsaturated/α-hetero) is 1. The zero-order chi connectivity index (χ0) is 10.2. The van der Waals surface area contributed by atoms with Crippen LogP contribution in [-0.2, 0) is 4.79 Å². The molecule has 1 fully saturated rings. The summed E-state index contributed by atoms with van der Waals surface area (Å²) in [5, 5.41) is 3.46. The van der Waals surface area contributed by atoms with E-state index < -0.39 is 0 Å². The summed E-state index contributed by atoms with van der Waals surface area (Å²) in [6, 6.07) is 0.594. The molecular weight excluding hydrogens is 174 g/mol. The summed E-state index contributed by atoms with van der Waals surface area (Å²) in [6.07, 6.45) is 8.94. The van der Waals surface area contributed by atoms with E-state index in [1.165, 1.54) is 19.3 Å². The molecule has 1 aliphatic rings. The van der Waals surface area contributed by atoms with Crippen molar-refractivity contribution in [1.82, 2.24) is 5.32 Å². The van der Waals surface area contributed by atoms with Crippen LogP contribution in [0.25, 0.3) is 0 Å². The molecule has 1 atom stereocenters. The maximum atomic E-state index is 11.4. The van der Waals surface area contributed by atoms with Crippen molar-refractivity contribution in [2.75, 3.05) is 6.54 Å². The highest BCUT2D eigenvalue weighted by Crippen LogP contribution is 2.12. The first-order valence-electron chi connectivity index (χ1n) is 5.69. The Morgan fingerprint density at radius 2 is 2.29 bits per heavy atom. The quantitative estimate of drug-likeness (QED) is 0.660. The van der Waals surface area contributed by atoms with Gasteiger partial charge in [-0.25, -0.2) is 0 Å². The predicted octanol–water partition coefficient (Wildman–Crippen LogP) is 2.44. The van der Waals surface area contributed by atoms with Crippen LogP contribution in [0.1, 0.15) is 44.9 Å². The van der Waals surface area contributed by atoms with Gasteiger partial charge in [0.1, 0.15) is 5.78 Å². The third-order valence-corrected chi connectivity index (χ3v) is 2.81. The predicted molar refractivity (Wildman–Crippen MR) is 59.3 cm³/mol. The Kier molecular flexibility index (Phi) is 5.53. The van der Waals surface area contributed by atoms with Crippen LogP contribution in [0.2, 0.25) is 0 Å². The highest BCUT2D eigenvalue weighted by atomic mass is 16.1. The number of hydrogen-bond acceptors (Lipinski definition) is 2. The zero-order valence-corrected chi connectivity index (χ0v) is 8.93. The van der Waals surface area contributed by atoms with Gasteiger partial charge in [0, 0.05) is 18.9 Å². The van der Waals surface area contributed by atoms with Gasteiger partial charge in [0.2, 0.25) is 0 Å². The molecule has 80 valence electrons. The highest BCUT2D eigenvalue weighted by Gasteiger charge is 2.13. The van der Waals surface area contributed by atoms with Crippen LogP contribution in [0.5, 0.6) is 0 Å². The second-order valence-electron chi connectivity index (χ2n) is 4.05. The van der Waals surface area contributed by atoms with Crippen molar-refractivity contribution in [2.45, 2.75) is 51.0 Å². The maximum absolute atomic E-state index is 11.4. The first-order chi connectivity index (χ1) is 6.83. The molecule has 2 heteroatoms. The van der Waals surface area contributed by atoms with E-state index in [0.717, 1.165) is 25.8 Å². The van der Waals surface area contributed by atoms with Crippen LogP contribution < -0.4 is 5.32 Å². The summed E-state index contributed by atoms with van der Waals surface area (Å²) in [5.74, 6) is 0.386. The van der Waals surface area contributed by atoms with Gasteiger partial charge in [0.05, 0.1) is 0 Å². The molecule has 0 spiro atoms. The minimum Gasteiger partial charge on any atom is -0.314 e. The summed E-state index contributed by atoms with van der Waals surface area (Å²) in [4.78, 5) is 11.4. The van der Waals surface area contributed by atoms with Crippen molar-refractivity contribution in [3.05, 3.63) is 12.7 Å². The Morgan fingerprint density at radius 1 is 1.43 bits per heavy atom. The monoisotopic (exact) mass is 195 g/mol. The van der Waals surface area contributed by atoms with E-state index in [-0.39, 0.29) is 0 Å². The number of hydrogen-bond donors (Lipinski definition) is 1. The molecule has 0 aromatic rings. The lowest BCUT2D eigenvalue weighted by atomic mass is 9.98. The Labute approximate surface area is 86.8 Å². The standard InChI is InChI=1S/C12H21NO/c1-2-3-7-12(14)9-8-11-6-4-5-10-13-11/h2,11,13H,1,3-10H2. The van der Waals surface area contributed by atoms with Gasteiger partial charge >= 0.3 is 0 Å². The summed E-state index contributed by atoms with van der Waals surface area (Å²) < 4.78 is 0. The smallest absolute Gasteiger partial charge is 0.133 e. The normalized spacial score (nSPS) is 21.9. The number of ketones is 1. The highest BCUT2D eigenvalue weighted by molar-refractivity contribution is 5.78. The van der Waals surface area contributed by atoms with E-state index in [1.807, 2.05) is 6.08 Å². The van der Waals surface area contributed by atoms with Crippen LogP contribution in [0.3, 0.4) is 0 Å². The maximum Gasteiger partial charge on any atom is 0.133 e. The molecule has 1 unspecified atom stereocenters. The van der Waals surface area contributed by atoms with Crippen LogP contribution in [-0.4, -0.2) is 18.4 Å². The minimum absolute atomic E-state index is 0.386. The van der Waals surface area contributed by atoms with Crippen LogP contribution in [0.15, 0.2) is 12.7 Å². The van der Waals surface area contributed by atoms with Gasteiger partial charge in [-0.15, -0.1) is 6.58 Å². The lowest BCUT2D eigenvalue weighted by Gasteiger charge is -2.22. The lowest BCUT2D eigenvalue weighted by Crippen LogP contribution is -2.34. The second-order valence-corrected chi connectivity index (χ2v) is 4.05. The molecule has 0 amide bonds. The van der Waals surface area contributed by atoms with E-state index >= 15 is 0 Å². The van der Waals surface area contributed by atoms with Crippen LogP contribution in [0.4, 0.5) is 0 Å². The topological polar surface area (TPSA) is 29.1 Å². The van der Waals surface area contributed by atoms with Gasteiger partial charge in [-0.05, 0) is 32.2 Å². The van der Waals surface area contributed by atoms with E-state index in [2.05, 4.69) is 11.9 Å². The van der Waals surface area contributed by atoms with Crippen molar-refractivity contribution >= 4 is 5.78 Å². The summed E-state index contributed by atoms with van der Waals surface area (Å²) in [5.41, 5.74) is 0. The first kappa shape index (κ1) is 11.4. The van der Waals surface area contributed by atoms with Gasteiger partial charge in [-0.1, -0.05) is 12.5 Å². The van der Waals surface area contributed by atoms with Crippen LogP contribution in [0, 0.1) is 0 Å². The van der Waals surface area contributed by atoms with Crippen molar-refractivity contribution < 1.29 is 4.79 Å². The number of carbonyl (C=O) groups excluding carboxylic acids is 1. The molecular formula is C12H21NO. The Balaban J connectivity index is 2.06. The van der Waals surface area contributed by atoms with Crippen molar-refractivity contribution in [1.29, 1.82) is 0 Å². The molecule has 1 aliphatic heterocycles. The number of carbonyl (C=O) groups is 1. The fourth-order valence-corrected chi connectivity index (χ4v) is 1.89. The van der Waals surface area contributed by atoms with E-state index in [1.54, 1.807) is 0 Å². The molecule has 0 radical (unpaired) electrons. The lowest BCUT2D eigenvalue weighted by molar-refractivity contribution is -0.119.